The van der Waals surface area contributed by atoms with Crippen molar-refractivity contribution >= 4 is 0 Å². The quantitative estimate of drug-likeness (QED) is 0.684. The Balaban J connectivity index is 2.30. The van der Waals surface area contributed by atoms with E-state index in [2.05, 4.69) is 19.2 Å². The number of hydrogen-bond donors (Lipinski definition) is 2. The number of hydrogen-bond acceptors (Lipinski definition) is 2. The minimum absolute atomic E-state index is 0.230. The second-order valence-corrected chi connectivity index (χ2v) is 5.01. The average Bonchev–Trinajstić information content (AvgIpc) is 2.31. The van der Waals surface area contributed by atoms with Crippen molar-refractivity contribution in [3.63, 3.8) is 0 Å². The standard InChI is InChI=1S/C12H25NO/c1-9-5-4-6-12(8-7-9)13-10(2)11(3)14/h9-14H,4-8H2,1-3H3. The Morgan fingerprint density at radius 1 is 1.14 bits per heavy atom. The highest BCUT2D eigenvalue weighted by Gasteiger charge is 2.19. The van der Waals surface area contributed by atoms with Gasteiger partial charge in [0.15, 0.2) is 0 Å². The summed E-state index contributed by atoms with van der Waals surface area (Å²) in [6, 6.07) is 0.859. The summed E-state index contributed by atoms with van der Waals surface area (Å²) in [5.41, 5.74) is 0. The first-order valence-corrected chi connectivity index (χ1v) is 6.03. The van der Waals surface area contributed by atoms with E-state index in [9.17, 15) is 5.11 Å². The van der Waals surface area contributed by atoms with Gasteiger partial charge in [0, 0.05) is 12.1 Å². The van der Waals surface area contributed by atoms with E-state index in [0.29, 0.717) is 6.04 Å². The number of aliphatic hydroxyl groups excluding tert-OH is 1. The fourth-order valence-electron chi connectivity index (χ4n) is 2.16. The summed E-state index contributed by atoms with van der Waals surface area (Å²) in [6.45, 7) is 6.27. The van der Waals surface area contributed by atoms with Crippen LogP contribution < -0.4 is 5.32 Å². The van der Waals surface area contributed by atoms with E-state index in [0.717, 1.165) is 5.92 Å². The molecule has 0 aromatic carbocycles. The fourth-order valence-corrected chi connectivity index (χ4v) is 2.16. The molecular weight excluding hydrogens is 174 g/mol. The molecule has 0 bridgehead atoms. The van der Waals surface area contributed by atoms with Gasteiger partial charge >= 0.3 is 0 Å². The van der Waals surface area contributed by atoms with Crippen molar-refractivity contribution in [3.8, 4) is 0 Å². The Labute approximate surface area is 88.1 Å². The summed E-state index contributed by atoms with van der Waals surface area (Å²) in [6.07, 6.45) is 6.37. The van der Waals surface area contributed by atoms with Crippen LogP contribution >= 0.6 is 0 Å². The third-order valence-electron chi connectivity index (χ3n) is 3.48. The lowest BCUT2D eigenvalue weighted by Gasteiger charge is -2.23. The maximum atomic E-state index is 9.41. The molecule has 2 heteroatoms. The summed E-state index contributed by atoms with van der Waals surface area (Å²) < 4.78 is 0. The smallest absolute Gasteiger partial charge is 0.0662 e. The van der Waals surface area contributed by atoms with Gasteiger partial charge in [0.1, 0.15) is 0 Å². The van der Waals surface area contributed by atoms with Crippen LogP contribution in [-0.4, -0.2) is 23.3 Å². The lowest BCUT2D eigenvalue weighted by Crippen LogP contribution is -2.42. The molecule has 1 fully saturated rings. The molecule has 0 spiro atoms. The predicted molar refractivity (Wildman–Crippen MR) is 60.3 cm³/mol. The number of rotatable bonds is 3. The minimum Gasteiger partial charge on any atom is -0.392 e. The van der Waals surface area contributed by atoms with Crippen molar-refractivity contribution in [3.05, 3.63) is 0 Å². The van der Waals surface area contributed by atoms with Crippen LogP contribution in [0.5, 0.6) is 0 Å². The van der Waals surface area contributed by atoms with Gasteiger partial charge in [-0.15, -0.1) is 0 Å². The van der Waals surface area contributed by atoms with E-state index in [1.165, 1.54) is 32.1 Å². The van der Waals surface area contributed by atoms with Crippen molar-refractivity contribution in [2.75, 3.05) is 0 Å². The van der Waals surface area contributed by atoms with Gasteiger partial charge in [-0.2, -0.15) is 0 Å². The third-order valence-corrected chi connectivity index (χ3v) is 3.48. The highest BCUT2D eigenvalue weighted by Crippen LogP contribution is 2.22. The van der Waals surface area contributed by atoms with Crippen LogP contribution in [0.1, 0.15) is 52.9 Å². The molecule has 84 valence electrons. The summed E-state index contributed by atoms with van der Waals surface area (Å²) in [7, 11) is 0. The highest BCUT2D eigenvalue weighted by molar-refractivity contribution is 4.77. The maximum Gasteiger partial charge on any atom is 0.0662 e. The van der Waals surface area contributed by atoms with Crippen molar-refractivity contribution in [1.29, 1.82) is 0 Å². The van der Waals surface area contributed by atoms with E-state index in [4.69, 9.17) is 0 Å². The van der Waals surface area contributed by atoms with Crippen molar-refractivity contribution in [2.24, 2.45) is 5.92 Å². The minimum atomic E-state index is -0.240. The van der Waals surface area contributed by atoms with Crippen LogP contribution in [0.4, 0.5) is 0 Å². The molecule has 2 nitrogen and oxygen atoms in total. The zero-order chi connectivity index (χ0) is 10.6. The van der Waals surface area contributed by atoms with Crippen LogP contribution in [0.2, 0.25) is 0 Å². The van der Waals surface area contributed by atoms with Crippen molar-refractivity contribution < 1.29 is 5.11 Å². The normalized spacial score (nSPS) is 33.4. The molecule has 2 N–H and O–H groups in total. The van der Waals surface area contributed by atoms with Gasteiger partial charge < -0.3 is 10.4 Å². The summed E-state index contributed by atoms with van der Waals surface area (Å²) >= 11 is 0. The van der Waals surface area contributed by atoms with E-state index >= 15 is 0 Å². The Kier molecular flexibility index (Phi) is 4.90. The number of aliphatic hydroxyl groups is 1. The lowest BCUT2D eigenvalue weighted by molar-refractivity contribution is 0.143. The first-order valence-electron chi connectivity index (χ1n) is 6.03. The molecule has 1 aliphatic carbocycles. The van der Waals surface area contributed by atoms with E-state index < -0.39 is 0 Å². The van der Waals surface area contributed by atoms with Crippen LogP contribution in [0, 0.1) is 5.92 Å². The molecule has 1 saturated carbocycles. The molecule has 4 atom stereocenters. The molecule has 0 aliphatic heterocycles. The highest BCUT2D eigenvalue weighted by atomic mass is 16.3. The molecule has 0 radical (unpaired) electrons. The first-order chi connectivity index (χ1) is 6.59. The molecule has 14 heavy (non-hydrogen) atoms. The molecule has 0 amide bonds. The lowest BCUT2D eigenvalue weighted by atomic mass is 10.0. The first kappa shape index (κ1) is 12.0. The Bertz CT molecular complexity index is 158. The van der Waals surface area contributed by atoms with Gasteiger partial charge in [-0.1, -0.05) is 19.8 Å². The van der Waals surface area contributed by atoms with E-state index in [-0.39, 0.29) is 12.1 Å². The van der Waals surface area contributed by atoms with Crippen LogP contribution in [0.3, 0.4) is 0 Å². The fraction of sp³-hybridized carbons (Fsp3) is 1.00. The molecule has 0 aromatic rings. The Hall–Kier alpha value is -0.0800. The second kappa shape index (κ2) is 5.72. The van der Waals surface area contributed by atoms with Crippen LogP contribution in [0.15, 0.2) is 0 Å². The molecule has 1 aliphatic rings. The molecule has 0 aromatic heterocycles. The summed E-state index contributed by atoms with van der Waals surface area (Å²) in [4.78, 5) is 0. The number of nitrogens with one attached hydrogen (secondary N) is 1. The Morgan fingerprint density at radius 3 is 2.50 bits per heavy atom. The van der Waals surface area contributed by atoms with E-state index in [1.807, 2.05) is 6.92 Å². The van der Waals surface area contributed by atoms with Gasteiger partial charge in [0.05, 0.1) is 6.10 Å². The zero-order valence-corrected chi connectivity index (χ0v) is 9.79. The predicted octanol–water partition coefficient (Wildman–Crippen LogP) is 2.31. The topological polar surface area (TPSA) is 32.3 Å². The largest absolute Gasteiger partial charge is 0.392 e. The molecule has 0 saturated heterocycles. The van der Waals surface area contributed by atoms with Gasteiger partial charge in [0.25, 0.3) is 0 Å². The van der Waals surface area contributed by atoms with Crippen LogP contribution in [0.25, 0.3) is 0 Å². The molecule has 4 unspecified atom stereocenters. The SMILES string of the molecule is CC1CCCC(NC(C)C(C)O)CC1. The average molecular weight is 199 g/mol. The van der Waals surface area contributed by atoms with Crippen molar-refractivity contribution in [2.45, 2.75) is 71.1 Å². The monoisotopic (exact) mass is 199 g/mol. The Morgan fingerprint density at radius 2 is 1.86 bits per heavy atom. The third kappa shape index (κ3) is 3.97. The maximum absolute atomic E-state index is 9.41. The molecule has 0 heterocycles. The zero-order valence-electron chi connectivity index (χ0n) is 9.79. The van der Waals surface area contributed by atoms with Gasteiger partial charge in [-0.25, -0.2) is 0 Å². The van der Waals surface area contributed by atoms with E-state index in [1.54, 1.807) is 0 Å². The van der Waals surface area contributed by atoms with Crippen LogP contribution in [-0.2, 0) is 0 Å². The van der Waals surface area contributed by atoms with Crippen molar-refractivity contribution in [1.82, 2.24) is 5.32 Å². The molecule has 1 rings (SSSR count). The van der Waals surface area contributed by atoms with Gasteiger partial charge in [0.2, 0.25) is 0 Å². The van der Waals surface area contributed by atoms with Gasteiger partial charge in [-0.05, 0) is 39.0 Å². The molecular formula is C12H25NO. The summed E-state index contributed by atoms with van der Waals surface area (Å²) in [5.74, 6) is 0.892. The second-order valence-electron chi connectivity index (χ2n) is 5.01. The summed E-state index contributed by atoms with van der Waals surface area (Å²) in [5, 5.41) is 12.9. The van der Waals surface area contributed by atoms with Gasteiger partial charge in [-0.3, -0.25) is 0 Å².